The number of carbonyl (C=O) groups excluding carboxylic acids is 3. The van der Waals surface area contributed by atoms with Crippen molar-refractivity contribution in [1.29, 1.82) is 0 Å². The topological polar surface area (TPSA) is 113 Å². The lowest BCUT2D eigenvalue weighted by Crippen LogP contribution is -2.32. The van der Waals surface area contributed by atoms with Crippen molar-refractivity contribution in [2.45, 2.75) is 6.92 Å². The van der Waals surface area contributed by atoms with Gasteiger partial charge >= 0.3 is 0 Å². The molecule has 3 rings (SSSR count). The highest BCUT2D eigenvalue weighted by Gasteiger charge is 2.13. The molecule has 0 saturated heterocycles. The number of nitrogens with one attached hydrogen (secondary N) is 3. The summed E-state index contributed by atoms with van der Waals surface area (Å²) in [5.41, 5.74) is 1.35. The van der Waals surface area contributed by atoms with Crippen LogP contribution in [0.2, 0.25) is 0 Å². The van der Waals surface area contributed by atoms with Gasteiger partial charge in [-0.2, -0.15) is 0 Å². The fourth-order valence-electron chi connectivity index (χ4n) is 2.11. The number of thiazole rings is 1. The van der Waals surface area contributed by atoms with Crippen LogP contribution in [-0.2, 0) is 9.59 Å². The molecule has 3 aromatic rings. The number of nitrogens with zero attached hydrogens (tertiary/aromatic N) is 1. The van der Waals surface area contributed by atoms with Gasteiger partial charge in [-0.1, -0.05) is 11.3 Å². The number of hydrogen-bond donors (Lipinski definition) is 3. The third-order valence-electron chi connectivity index (χ3n) is 3.16. The van der Waals surface area contributed by atoms with Crippen molar-refractivity contribution in [2.75, 3.05) is 17.2 Å². The number of furan rings is 1. The predicted octanol–water partition coefficient (Wildman–Crippen LogP) is 2.98. The Kier molecular flexibility index (Phi) is 5.33. The highest BCUT2D eigenvalue weighted by atomic mass is 79.9. The summed E-state index contributed by atoms with van der Waals surface area (Å²) in [4.78, 5) is 39.2. The van der Waals surface area contributed by atoms with Gasteiger partial charge in [-0.05, 0) is 46.3 Å². The van der Waals surface area contributed by atoms with Crippen molar-refractivity contribution in [3.05, 3.63) is 40.8 Å². The average Bonchev–Trinajstić information content (AvgIpc) is 3.17. The lowest BCUT2D eigenvalue weighted by molar-refractivity contribution is -0.115. The molecule has 0 unspecified atom stereocenters. The summed E-state index contributed by atoms with van der Waals surface area (Å²) >= 11 is 4.37. The summed E-state index contributed by atoms with van der Waals surface area (Å²) in [7, 11) is 0. The Morgan fingerprint density at radius 1 is 1.19 bits per heavy atom. The Labute approximate surface area is 160 Å². The minimum absolute atomic E-state index is 0.107. The molecule has 0 bridgehead atoms. The summed E-state index contributed by atoms with van der Waals surface area (Å²) in [6.07, 6.45) is 0. The lowest BCUT2D eigenvalue weighted by Gasteiger charge is -2.02. The molecular formula is C16H13BrN4O4S. The van der Waals surface area contributed by atoms with Gasteiger partial charge in [-0.25, -0.2) is 4.98 Å². The van der Waals surface area contributed by atoms with Crippen LogP contribution >= 0.6 is 27.3 Å². The Bertz CT molecular complexity index is 997. The number of rotatable bonds is 5. The second-order valence-electron chi connectivity index (χ2n) is 5.22. The van der Waals surface area contributed by atoms with Crippen LogP contribution in [0.15, 0.2) is 39.4 Å². The van der Waals surface area contributed by atoms with E-state index in [0.717, 1.165) is 4.70 Å². The Hall–Kier alpha value is -2.72. The molecule has 1 aromatic carbocycles. The first-order valence-electron chi connectivity index (χ1n) is 7.42. The van der Waals surface area contributed by atoms with E-state index in [0.29, 0.717) is 21.0 Å². The van der Waals surface area contributed by atoms with Crippen LogP contribution in [0.3, 0.4) is 0 Å². The normalized spacial score (nSPS) is 10.5. The smallest absolute Gasteiger partial charge is 0.287 e. The van der Waals surface area contributed by atoms with E-state index in [2.05, 4.69) is 36.9 Å². The van der Waals surface area contributed by atoms with Crippen molar-refractivity contribution in [2.24, 2.45) is 0 Å². The molecule has 134 valence electrons. The molecule has 26 heavy (non-hydrogen) atoms. The number of amides is 3. The first-order valence-corrected chi connectivity index (χ1v) is 9.03. The molecule has 3 amide bonds. The van der Waals surface area contributed by atoms with E-state index < -0.39 is 11.8 Å². The molecule has 0 aliphatic carbocycles. The molecule has 0 atom stereocenters. The average molecular weight is 437 g/mol. The van der Waals surface area contributed by atoms with E-state index in [1.807, 2.05) is 0 Å². The quantitative estimate of drug-likeness (QED) is 0.568. The first kappa shape index (κ1) is 18.1. The maximum Gasteiger partial charge on any atom is 0.287 e. The van der Waals surface area contributed by atoms with Crippen LogP contribution in [0.1, 0.15) is 17.5 Å². The first-order chi connectivity index (χ1) is 12.4. The van der Waals surface area contributed by atoms with Crippen molar-refractivity contribution in [3.8, 4) is 0 Å². The zero-order valence-corrected chi connectivity index (χ0v) is 15.9. The molecule has 0 aliphatic heterocycles. The molecule has 0 aliphatic rings. The van der Waals surface area contributed by atoms with Gasteiger partial charge in [0.25, 0.3) is 5.91 Å². The monoisotopic (exact) mass is 436 g/mol. The van der Waals surface area contributed by atoms with Crippen molar-refractivity contribution in [3.63, 3.8) is 0 Å². The largest absolute Gasteiger partial charge is 0.444 e. The highest BCUT2D eigenvalue weighted by molar-refractivity contribution is 9.10. The van der Waals surface area contributed by atoms with Gasteiger partial charge in [0.15, 0.2) is 15.6 Å². The SMILES string of the molecule is CC(=O)Nc1ccc2nc(NC(=O)CNC(=O)c3ccc(Br)o3)sc2c1. The van der Waals surface area contributed by atoms with Gasteiger partial charge < -0.3 is 20.4 Å². The molecule has 8 nitrogen and oxygen atoms in total. The Balaban J connectivity index is 1.60. The number of halogens is 1. The zero-order chi connectivity index (χ0) is 18.7. The second-order valence-corrected chi connectivity index (χ2v) is 7.03. The number of fused-ring (bicyclic) bond motifs is 1. The van der Waals surface area contributed by atoms with Crippen molar-refractivity contribution >= 4 is 66.0 Å². The molecule has 2 heterocycles. The number of hydrogen-bond acceptors (Lipinski definition) is 6. The maximum absolute atomic E-state index is 12.0. The minimum atomic E-state index is -0.491. The zero-order valence-electron chi connectivity index (χ0n) is 13.5. The number of carbonyl (C=O) groups is 3. The summed E-state index contributed by atoms with van der Waals surface area (Å²) < 4.78 is 6.35. The van der Waals surface area contributed by atoms with E-state index in [-0.39, 0.29) is 18.2 Å². The second kappa shape index (κ2) is 7.67. The van der Waals surface area contributed by atoms with Gasteiger partial charge in [0.1, 0.15) is 0 Å². The lowest BCUT2D eigenvalue weighted by atomic mass is 10.3. The molecule has 0 radical (unpaired) electrons. The van der Waals surface area contributed by atoms with Crippen LogP contribution < -0.4 is 16.0 Å². The third-order valence-corrected chi connectivity index (χ3v) is 4.52. The molecule has 0 spiro atoms. The molecule has 10 heteroatoms. The van der Waals surface area contributed by atoms with Gasteiger partial charge in [-0.15, -0.1) is 0 Å². The highest BCUT2D eigenvalue weighted by Crippen LogP contribution is 2.28. The van der Waals surface area contributed by atoms with Crippen LogP contribution in [0.25, 0.3) is 10.2 Å². The molecule has 0 saturated carbocycles. The van der Waals surface area contributed by atoms with E-state index in [1.54, 1.807) is 24.3 Å². The molecular weight excluding hydrogens is 424 g/mol. The van der Waals surface area contributed by atoms with Gasteiger partial charge in [0.2, 0.25) is 11.8 Å². The van der Waals surface area contributed by atoms with E-state index in [9.17, 15) is 14.4 Å². The summed E-state index contributed by atoms with van der Waals surface area (Å²) in [5, 5.41) is 8.18. The Morgan fingerprint density at radius 2 is 2.00 bits per heavy atom. The summed E-state index contributed by atoms with van der Waals surface area (Å²) in [5.74, 6) is -0.961. The van der Waals surface area contributed by atoms with Crippen molar-refractivity contribution < 1.29 is 18.8 Å². The third kappa shape index (κ3) is 4.46. The van der Waals surface area contributed by atoms with Crippen LogP contribution in [0.5, 0.6) is 0 Å². The molecule has 2 aromatic heterocycles. The number of aromatic nitrogens is 1. The minimum Gasteiger partial charge on any atom is -0.444 e. The molecule has 3 N–H and O–H groups in total. The van der Waals surface area contributed by atoms with Gasteiger partial charge in [0.05, 0.1) is 16.8 Å². The van der Waals surface area contributed by atoms with E-state index in [4.69, 9.17) is 4.42 Å². The molecule has 0 fully saturated rings. The maximum atomic E-state index is 12.0. The Morgan fingerprint density at radius 3 is 2.69 bits per heavy atom. The fraction of sp³-hybridized carbons (Fsp3) is 0.125. The number of anilines is 2. The van der Waals surface area contributed by atoms with E-state index in [1.165, 1.54) is 24.3 Å². The standard InChI is InChI=1S/C16H13BrN4O4S/c1-8(22)19-9-2-3-10-12(6-9)26-16(20-10)21-14(23)7-18-15(24)11-4-5-13(17)25-11/h2-6H,7H2,1H3,(H,18,24)(H,19,22)(H,20,21,23). The van der Waals surface area contributed by atoms with Crippen molar-refractivity contribution in [1.82, 2.24) is 10.3 Å². The van der Waals surface area contributed by atoms with Crippen LogP contribution in [0.4, 0.5) is 10.8 Å². The predicted molar refractivity (Wildman–Crippen MR) is 101 cm³/mol. The van der Waals surface area contributed by atoms with E-state index >= 15 is 0 Å². The summed E-state index contributed by atoms with van der Waals surface area (Å²) in [6, 6.07) is 8.35. The van der Waals surface area contributed by atoms with Gasteiger partial charge in [-0.3, -0.25) is 14.4 Å². The van der Waals surface area contributed by atoms with Crippen LogP contribution in [-0.4, -0.2) is 29.3 Å². The summed E-state index contributed by atoms with van der Waals surface area (Å²) in [6.45, 7) is 1.21. The van der Waals surface area contributed by atoms with Gasteiger partial charge in [0, 0.05) is 12.6 Å². The van der Waals surface area contributed by atoms with Crippen LogP contribution in [0, 0.1) is 0 Å². The number of benzene rings is 1. The fourth-order valence-corrected chi connectivity index (χ4v) is 3.33.